The maximum atomic E-state index is 13.3. The minimum atomic E-state index is -0.556. The van der Waals surface area contributed by atoms with Crippen molar-refractivity contribution in [2.24, 2.45) is 0 Å². The van der Waals surface area contributed by atoms with Gasteiger partial charge in [-0.15, -0.1) is 0 Å². The van der Waals surface area contributed by atoms with Crippen LogP contribution in [0.5, 0.6) is 0 Å². The van der Waals surface area contributed by atoms with Gasteiger partial charge in [0, 0.05) is 11.0 Å². The fourth-order valence-electron chi connectivity index (χ4n) is 2.07. The Morgan fingerprint density at radius 2 is 1.90 bits per heavy atom. The van der Waals surface area contributed by atoms with Crippen molar-refractivity contribution in [2.45, 2.75) is 19.0 Å². The SMILES string of the molecule is CC(CO)(NCc1cc(F)cc(Br)c1)c1ccccc1. The second-order valence-electron chi connectivity index (χ2n) is 4.99. The van der Waals surface area contributed by atoms with Gasteiger partial charge in [-0.1, -0.05) is 46.3 Å². The lowest BCUT2D eigenvalue weighted by molar-refractivity contribution is 0.173. The van der Waals surface area contributed by atoms with Gasteiger partial charge in [-0.3, -0.25) is 0 Å². The van der Waals surface area contributed by atoms with Gasteiger partial charge < -0.3 is 10.4 Å². The summed E-state index contributed by atoms with van der Waals surface area (Å²) in [6.07, 6.45) is 0. The van der Waals surface area contributed by atoms with Crippen molar-refractivity contribution in [3.8, 4) is 0 Å². The molecule has 2 rings (SSSR count). The number of hydrogen-bond acceptors (Lipinski definition) is 2. The molecule has 1 unspecified atom stereocenters. The predicted molar refractivity (Wildman–Crippen MR) is 81.8 cm³/mol. The molecular weight excluding hydrogens is 321 g/mol. The molecule has 1 atom stereocenters. The highest BCUT2D eigenvalue weighted by Crippen LogP contribution is 2.21. The van der Waals surface area contributed by atoms with Crippen molar-refractivity contribution < 1.29 is 9.50 Å². The third-order valence-corrected chi connectivity index (χ3v) is 3.79. The van der Waals surface area contributed by atoms with E-state index in [0.717, 1.165) is 11.1 Å². The van der Waals surface area contributed by atoms with Crippen LogP contribution in [0.4, 0.5) is 4.39 Å². The van der Waals surface area contributed by atoms with Crippen molar-refractivity contribution in [3.05, 3.63) is 69.9 Å². The largest absolute Gasteiger partial charge is 0.394 e. The van der Waals surface area contributed by atoms with Crippen LogP contribution in [0.25, 0.3) is 0 Å². The van der Waals surface area contributed by atoms with E-state index in [1.807, 2.05) is 43.3 Å². The monoisotopic (exact) mass is 337 g/mol. The number of nitrogens with one attached hydrogen (secondary N) is 1. The third-order valence-electron chi connectivity index (χ3n) is 3.33. The highest BCUT2D eigenvalue weighted by atomic mass is 79.9. The third kappa shape index (κ3) is 3.66. The molecule has 0 saturated heterocycles. The van der Waals surface area contributed by atoms with Gasteiger partial charge in [0.25, 0.3) is 0 Å². The van der Waals surface area contributed by atoms with Crippen molar-refractivity contribution in [1.29, 1.82) is 0 Å². The lowest BCUT2D eigenvalue weighted by Crippen LogP contribution is -2.42. The summed E-state index contributed by atoms with van der Waals surface area (Å²) in [6.45, 7) is 2.37. The molecule has 0 amide bonds. The summed E-state index contributed by atoms with van der Waals surface area (Å²) in [4.78, 5) is 0. The topological polar surface area (TPSA) is 32.3 Å². The van der Waals surface area contributed by atoms with Gasteiger partial charge in [0.15, 0.2) is 0 Å². The Kier molecular flexibility index (Phi) is 4.91. The molecule has 0 saturated carbocycles. The summed E-state index contributed by atoms with van der Waals surface area (Å²) in [5.74, 6) is -0.276. The van der Waals surface area contributed by atoms with Crippen LogP contribution < -0.4 is 5.32 Å². The molecule has 0 aliphatic rings. The van der Waals surface area contributed by atoms with Crippen LogP contribution >= 0.6 is 15.9 Å². The van der Waals surface area contributed by atoms with Gasteiger partial charge in [0.05, 0.1) is 12.1 Å². The molecule has 2 N–H and O–H groups in total. The van der Waals surface area contributed by atoms with E-state index in [0.29, 0.717) is 11.0 Å². The molecule has 2 nitrogen and oxygen atoms in total. The first-order chi connectivity index (χ1) is 9.53. The Morgan fingerprint density at radius 3 is 2.50 bits per heavy atom. The van der Waals surface area contributed by atoms with Crippen LogP contribution in [0.1, 0.15) is 18.1 Å². The van der Waals surface area contributed by atoms with Crippen LogP contribution in [0.2, 0.25) is 0 Å². The molecule has 0 fully saturated rings. The van der Waals surface area contributed by atoms with E-state index in [1.54, 1.807) is 0 Å². The number of halogens is 2. The maximum Gasteiger partial charge on any atom is 0.124 e. The summed E-state index contributed by atoms with van der Waals surface area (Å²) < 4.78 is 14.1. The van der Waals surface area contributed by atoms with E-state index in [-0.39, 0.29) is 12.4 Å². The normalized spacial score (nSPS) is 14.0. The highest BCUT2D eigenvalue weighted by molar-refractivity contribution is 9.10. The van der Waals surface area contributed by atoms with Gasteiger partial charge in [-0.2, -0.15) is 0 Å². The molecule has 0 aromatic heterocycles. The second-order valence-corrected chi connectivity index (χ2v) is 5.90. The highest BCUT2D eigenvalue weighted by Gasteiger charge is 2.24. The average Bonchev–Trinajstić information content (AvgIpc) is 2.45. The second kappa shape index (κ2) is 6.48. The maximum absolute atomic E-state index is 13.3. The van der Waals surface area contributed by atoms with Crippen molar-refractivity contribution in [1.82, 2.24) is 5.32 Å². The zero-order valence-electron chi connectivity index (χ0n) is 11.2. The lowest BCUT2D eigenvalue weighted by Gasteiger charge is -2.29. The minimum Gasteiger partial charge on any atom is -0.394 e. The van der Waals surface area contributed by atoms with E-state index in [4.69, 9.17) is 0 Å². The first kappa shape index (κ1) is 15.2. The van der Waals surface area contributed by atoms with E-state index >= 15 is 0 Å². The smallest absolute Gasteiger partial charge is 0.124 e. The zero-order valence-corrected chi connectivity index (χ0v) is 12.8. The zero-order chi connectivity index (χ0) is 14.6. The van der Waals surface area contributed by atoms with E-state index in [9.17, 15) is 9.50 Å². The molecule has 20 heavy (non-hydrogen) atoms. The van der Waals surface area contributed by atoms with Gasteiger partial charge in [-0.25, -0.2) is 4.39 Å². The van der Waals surface area contributed by atoms with Crippen LogP contribution in [0.15, 0.2) is 53.0 Å². The van der Waals surface area contributed by atoms with E-state index in [2.05, 4.69) is 21.2 Å². The summed E-state index contributed by atoms with van der Waals surface area (Å²) >= 11 is 3.28. The molecule has 0 radical (unpaired) electrons. The molecule has 2 aromatic rings. The van der Waals surface area contributed by atoms with E-state index < -0.39 is 5.54 Å². The number of aliphatic hydroxyl groups excluding tert-OH is 1. The van der Waals surface area contributed by atoms with E-state index in [1.165, 1.54) is 12.1 Å². The molecule has 0 spiro atoms. The molecule has 2 aromatic carbocycles. The van der Waals surface area contributed by atoms with Crippen molar-refractivity contribution in [3.63, 3.8) is 0 Å². The van der Waals surface area contributed by atoms with Crippen LogP contribution in [-0.2, 0) is 12.1 Å². The molecular formula is C16H17BrFNO. The van der Waals surface area contributed by atoms with Gasteiger partial charge in [0.2, 0.25) is 0 Å². The summed E-state index contributed by atoms with van der Waals surface area (Å²) in [5, 5.41) is 13.0. The molecule has 0 aliphatic carbocycles. The first-order valence-corrected chi connectivity index (χ1v) is 7.19. The first-order valence-electron chi connectivity index (χ1n) is 6.40. The summed E-state index contributed by atoms with van der Waals surface area (Å²) in [7, 11) is 0. The number of rotatable bonds is 5. The fraction of sp³-hybridized carbons (Fsp3) is 0.250. The molecule has 4 heteroatoms. The van der Waals surface area contributed by atoms with Gasteiger partial charge >= 0.3 is 0 Å². The molecule has 0 bridgehead atoms. The van der Waals surface area contributed by atoms with Crippen LogP contribution in [0, 0.1) is 5.82 Å². The average molecular weight is 338 g/mol. The quantitative estimate of drug-likeness (QED) is 0.873. The lowest BCUT2D eigenvalue weighted by atomic mass is 9.92. The Bertz CT molecular complexity index is 556. The van der Waals surface area contributed by atoms with Crippen molar-refractivity contribution in [2.75, 3.05) is 6.61 Å². The number of hydrogen-bond donors (Lipinski definition) is 2. The summed E-state index contributed by atoms with van der Waals surface area (Å²) in [6, 6.07) is 14.5. The Balaban J connectivity index is 2.15. The summed E-state index contributed by atoms with van der Waals surface area (Å²) in [5.41, 5.74) is 1.27. The Morgan fingerprint density at radius 1 is 1.20 bits per heavy atom. The fourth-order valence-corrected chi connectivity index (χ4v) is 2.58. The minimum absolute atomic E-state index is 0.0342. The van der Waals surface area contributed by atoms with Crippen LogP contribution in [-0.4, -0.2) is 11.7 Å². The number of benzene rings is 2. The van der Waals surface area contributed by atoms with Crippen molar-refractivity contribution >= 4 is 15.9 Å². The molecule has 0 aliphatic heterocycles. The van der Waals surface area contributed by atoms with Crippen LogP contribution in [0.3, 0.4) is 0 Å². The predicted octanol–water partition coefficient (Wildman–Crippen LogP) is 3.59. The Labute approximate surface area is 126 Å². The number of aliphatic hydroxyl groups is 1. The standard InChI is InChI=1S/C16H17BrFNO/c1-16(11-20,13-5-3-2-4-6-13)19-10-12-7-14(17)9-15(18)8-12/h2-9,19-20H,10-11H2,1H3. The molecule has 0 heterocycles. The van der Waals surface area contributed by atoms with Gasteiger partial charge in [0.1, 0.15) is 5.82 Å². The Hall–Kier alpha value is -1.23. The van der Waals surface area contributed by atoms with Gasteiger partial charge in [-0.05, 0) is 36.2 Å². The molecule has 106 valence electrons.